The first-order chi connectivity index (χ1) is 7.75. The van der Waals surface area contributed by atoms with Gasteiger partial charge in [0.25, 0.3) is 0 Å². The van der Waals surface area contributed by atoms with Gasteiger partial charge in [0.2, 0.25) is 0 Å². The highest BCUT2D eigenvalue weighted by molar-refractivity contribution is 5.77. The van der Waals surface area contributed by atoms with Crippen LogP contribution in [0.1, 0.15) is 23.7 Å². The smallest absolute Gasteiger partial charge is 0.106 e. The lowest BCUT2D eigenvalue weighted by Crippen LogP contribution is -2.07. The Morgan fingerprint density at radius 1 is 1.44 bits per heavy atom. The van der Waals surface area contributed by atoms with Crippen molar-refractivity contribution >= 4 is 11.0 Å². The lowest BCUT2D eigenvalue weighted by atomic mass is 9.98. The summed E-state index contributed by atoms with van der Waals surface area (Å²) in [6, 6.07) is 6.70. The van der Waals surface area contributed by atoms with E-state index >= 15 is 0 Å². The fourth-order valence-electron chi connectivity index (χ4n) is 2.53. The van der Waals surface area contributed by atoms with Gasteiger partial charge in [-0.1, -0.05) is 6.07 Å². The molecule has 0 bridgehead atoms. The predicted molar refractivity (Wildman–Crippen MR) is 65.7 cm³/mol. The van der Waals surface area contributed by atoms with E-state index in [4.69, 9.17) is 0 Å². The lowest BCUT2D eigenvalue weighted by molar-refractivity contribution is 0.764. The average molecular weight is 215 g/mol. The van der Waals surface area contributed by atoms with E-state index < -0.39 is 0 Å². The third-order valence-corrected chi connectivity index (χ3v) is 3.66. The zero-order valence-corrected chi connectivity index (χ0v) is 9.83. The molecular formula is C13H17N3. The molecule has 0 radical (unpaired) electrons. The molecule has 2 aromatic rings. The lowest BCUT2D eigenvalue weighted by Gasteiger charge is -2.08. The maximum atomic E-state index is 4.59. The Morgan fingerprint density at radius 2 is 2.31 bits per heavy atom. The van der Waals surface area contributed by atoms with E-state index in [2.05, 4.69) is 47.0 Å². The zero-order valence-electron chi connectivity index (χ0n) is 9.83. The second kappa shape index (κ2) is 3.59. The second-order valence-corrected chi connectivity index (χ2v) is 4.66. The van der Waals surface area contributed by atoms with E-state index in [0.29, 0.717) is 5.92 Å². The number of benzene rings is 1. The standard InChI is InChI=1S/C13H17N3/c1-9-15-12-7-10(11-5-6-14-8-11)3-4-13(12)16(9)2/h3-4,7,11,14H,5-6,8H2,1-2H3. The van der Waals surface area contributed by atoms with Crippen molar-refractivity contribution in [1.29, 1.82) is 0 Å². The van der Waals surface area contributed by atoms with Gasteiger partial charge in [-0.15, -0.1) is 0 Å². The van der Waals surface area contributed by atoms with Crippen molar-refractivity contribution in [2.45, 2.75) is 19.3 Å². The average Bonchev–Trinajstić information content (AvgIpc) is 2.88. The van der Waals surface area contributed by atoms with Gasteiger partial charge in [0, 0.05) is 13.6 Å². The first-order valence-electron chi connectivity index (χ1n) is 5.89. The van der Waals surface area contributed by atoms with Crippen LogP contribution in [0.2, 0.25) is 0 Å². The molecule has 0 spiro atoms. The van der Waals surface area contributed by atoms with Crippen LogP contribution in [0.15, 0.2) is 18.2 Å². The number of nitrogens with zero attached hydrogens (tertiary/aromatic N) is 2. The zero-order chi connectivity index (χ0) is 11.1. The Labute approximate surface area is 95.5 Å². The summed E-state index contributed by atoms with van der Waals surface area (Å²) in [5.41, 5.74) is 3.78. The maximum absolute atomic E-state index is 4.59. The van der Waals surface area contributed by atoms with Crippen LogP contribution in [0.5, 0.6) is 0 Å². The van der Waals surface area contributed by atoms with Crippen LogP contribution in [-0.4, -0.2) is 22.6 Å². The van der Waals surface area contributed by atoms with Gasteiger partial charge in [-0.05, 0) is 43.5 Å². The van der Waals surface area contributed by atoms with Gasteiger partial charge in [-0.3, -0.25) is 0 Å². The Balaban J connectivity index is 2.08. The van der Waals surface area contributed by atoms with Crippen LogP contribution in [0.3, 0.4) is 0 Å². The van der Waals surface area contributed by atoms with Crippen molar-refractivity contribution in [2.75, 3.05) is 13.1 Å². The van der Waals surface area contributed by atoms with Gasteiger partial charge >= 0.3 is 0 Å². The fourth-order valence-corrected chi connectivity index (χ4v) is 2.53. The number of imidazole rings is 1. The Morgan fingerprint density at radius 3 is 3.06 bits per heavy atom. The molecule has 1 aliphatic heterocycles. The third-order valence-electron chi connectivity index (χ3n) is 3.66. The van der Waals surface area contributed by atoms with E-state index in [0.717, 1.165) is 24.4 Å². The van der Waals surface area contributed by atoms with Crippen molar-refractivity contribution < 1.29 is 0 Å². The molecule has 16 heavy (non-hydrogen) atoms. The van der Waals surface area contributed by atoms with Gasteiger partial charge < -0.3 is 9.88 Å². The molecule has 1 saturated heterocycles. The molecular weight excluding hydrogens is 198 g/mol. The van der Waals surface area contributed by atoms with Crippen molar-refractivity contribution in [3.63, 3.8) is 0 Å². The molecule has 3 rings (SSSR count). The van der Waals surface area contributed by atoms with Crippen LogP contribution >= 0.6 is 0 Å². The van der Waals surface area contributed by atoms with Gasteiger partial charge in [0.05, 0.1) is 11.0 Å². The molecule has 0 aliphatic carbocycles. The van der Waals surface area contributed by atoms with Crippen LogP contribution in [0, 0.1) is 6.92 Å². The monoisotopic (exact) mass is 215 g/mol. The van der Waals surface area contributed by atoms with E-state index in [1.807, 2.05) is 0 Å². The predicted octanol–water partition coefficient (Wildman–Crippen LogP) is 1.96. The molecule has 3 nitrogen and oxygen atoms in total. The van der Waals surface area contributed by atoms with E-state index in [-0.39, 0.29) is 0 Å². The number of rotatable bonds is 1. The summed E-state index contributed by atoms with van der Waals surface area (Å²) >= 11 is 0. The molecule has 1 fully saturated rings. The van der Waals surface area contributed by atoms with Crippen LogP contribution < -0.4 is 5.32 Å². The minimum Gasteiger partial charge on any atom is -0.331 e. The van der Waals surface area contributed by atoms with Crippen LogP contribution in [0.4, 0.5) is 0 Å². The highest BCUT2D eigenvalue weighted by Crippen LogP contribution is 2.25. The molecule has 1 unspecified atom stereocenters. The summed E-state index contributed by atoms with van der Waals surface area (Å²) in [5.74, 6) is 1.75. The molecule has 0 amide bonds. The Hall–Kier alpha value is -1.35. The van der Waals surface area contributed by atoms with Crippen LogP contribution in [-0.2, 0) is 7.05 Å². The quantitative estimate of drug-likeness (QED) is 0.788. The number of fused-ring (bicyclic) bond motifs is 1. The van der Waals surface area contributed by atoms with Crippen molar-refractivity contribution in [2.24, 2.45) is 7.05 Å². The topological polar surface area (TPSA) is 29.9 Å². The van der Waals surface area contributed by atoms with Gasteiger partial charge in [-0.25, -0.2) is 4.98 Å². The molecule has 1 N–H and O–H groups in total. The molecule has 1 aliphatic rings. The molecule has 0 saturated carbocycles. The molecule has 3 heteroatoms. The highest BCUT2D eigenvalue weighted by Gasteiger charge is 2.17. The number of aryl methyl sites for hydroxylation is 2. The highest BCUT2D eigenvalue weighted by atomic mass is 15.0. The fraction of sp³-hybridized carbons (Fsp3) is 0.462. The summed E-state index contributed by atoms with van der Waals surface area (Å²) in [6.07, 6.45) is 1.25. The number of hydrogen-bond donors (Lipinski definition) is 1. The minimum atomic E-state index is 0.673. The van der Waals surface area contributed by atoms with Crippen molar-refractivity contribution in [3.05, 3.63) is 29.6 Å². The number of hydrogen-bond acceptors (Lipinski definition) is 2. The molecule has 1 atom stereocenters. The summed E-state index contributed by atoms with van der Waals surface area (Å²) in [7, 11) is 2.07. The van der Waals surface area contributed by atoms with E-state index in [9.17, 15) is 0 Å². The molecule has 2 heterocycles. The minimum absolute atomic E-state index is 0.673. The number of nitrogens with one attached hydrogen (secondary N) is 1. The second-order valence-electron chi connectivity index (χ2n) is 4.66. The SMILES string of the molecule is Cc1nc2cc(C3CCNC3)ccc2n1C. The van der Waals surface area contributed by atoms with Gasteiger partial charge in [-0.2, -0.15) is 0 Å². The molecule has 1 aromatic carbocycles. The normalized spacial score (nSPS) is 20.8. The van der Waals surface area contributed by atoms with E-state index in [1.165, 1.54) is 17.5 Å². The van der Waals surface area contributed by atoms with Gasteiger partial charge in [0.1, 0.15) is 5.82 Å². The molecule has 84 valence electrons. The summed E-state index contributed by atoms with van der Waals surface area (Å²) < 4.78 is 2.14. The van der Waals surface area contributed by atoms with Gasteiger partial charge in [0.15, 0.2) is 0 Å². The summed E-state index contributed by atoms with van der Waals surface area (Å²) in [6.45, 7) is 4.30. The van der Waals surface area contributed by atoms with E-state index in [1.54, 1.807) is 0 Å². The number of aromatic nitrogens is 2. The van der Waals surface area contributed by atoms with Crippen molar-refractivity contribution in [1.82, 2.24) is 14.9 Å². The Bertz CT molecular complexity index is 521. The molecule has 1 aromatic heterocycles. The third kappa shape index (κ3) is 1.43. The maximum Gasteiger partial charge on any atom is 0.106 e. The van der Waals surface area contributed by atoms with Crippen LogP contribution in [0.25, 0.3) is 11.0 Å². The summed E-state index contributed by atoms with van der Waals surface area (Å²) in [4.78, 5) is 4.59. The summed E-state index contributed by atoms with van der Waals surface area (Å²) in [5, 5.41) is 3.41. The van der Waals surface area contributed by atoms with Crippen molar-refractivity contribution in [3.8, 4) is 0 Å². The first-order valence-corrected chi connectivity index (χ1v) is 5.89. The largest absolute Gasteiger partial charge is 0.331 e. The first kappa shape index (κ1) is 9.85. The Kier molecular flexibility index (Phi) is 2.21.